The zero-order valence-electron chi connectivity index (χ0n) is 13.7. The van der Waals surface area contributed by atoms with Gasteiger partial charge in [-0.25, -0.2) is 0 Å². The summed E-state index contributed by atoms with van der Waals surface area (Å²) in [7, 11) is 0. The van der Waals surface area contributed by atoms with Gasteiger partial charge in [0.15, 0.2) is 0 Å². The van der Waals surface area contributed by atoms with Crippen LogP contribution in [0.1, 0.15) is 52.9 Å². The largest absolute Gasteiger partial charge is 0.480 e. The smallest absolute Gasteiger partial charge is 0.324 e. The summed E-state index contributed by atoms with van der Waals surface area (Å²) in [5.74, 6) is -0.554. The highest BCUT2D eigenvalue weighted by Crippen LogP contribution is 2.38. The number of hydrogen-bond donors (Lipinski definition) is 2. The van der Waals surface area contributed by atoms with E-state index in [4.69, 9.17) is 9.47 Å². The second-order valence-electron chi connectivity index (χ2n) is 5.92. The van der Waals surface area contributed by atoms with E-state index in [0.29, 0.717) is 19.8 Å². The highest BCUT2D eigenvalue weighted by atomic mass is 16.5. The molecule has 2 N–H and O–H groups in total. The Morgan fingerprint density at radius 3 is 2.86 bits per heavy atom. The summed E-state index contributed by atoms with van der Waals surface area (Å²) < 4.78 is 11.1. The molecule has 0 radical (unpaired) electrons. The Hall–Kier alpha value is -0.650. The molecule has 0 aromatic rings. The molecule has 0 aliphatic heterocycles. The average molecular weight is 301 g/mol. The molecule has 0 aromatic heterocycles. The predicted octanol–water partition coefficient (Wildman–Crippen LogP) is 2.44. The third-order valence-electron chi connectivity index (χ3n) is 4.32. The van der Waals surface area contributed by atoms with Crippen molar-refractivity contribution >= 4 is 5.97 Å². The van der Waals surface area contributed by atoms with Crippen LogP contribution in [0.3, 0.4) is 0 Å². The van der Waals surface area contributed by atoms with Crippen molar-refractivity contribution in [3.8, 4) is 0 Å². The van der Waals surface area contributed by atoms with Crippen molar-refractivity contribution in [2.45, 2.75) is 64.5 Å². The number of rotatable bonds is 11. The molecule has 5 heteroatoms. The molecular formula is C16H31NO4. The Morgan fingerprint density at radius 2 is 2.24 bits per heavy atom. The minimum atomic E-state index is -0.747. The Balaban J connectivity index is 2.46. The Kier molecular flexibility index (Phi) is 8.22. The average Bonchev–Trinajstić information content (AvgIpc) is 2.87. The first-order valence-corrected chi connectivity index (χ1v) is 8.24. The maximum Gasteiger partial charge on any atom is 0.324 e. The van der Waals surface area contributed by atoms with Crippen molar-refractivity contribution in [1.29, 1.82) is 0 Å². The second kappa shape index (κ2) is 9.38. The van der Waals surface area contributed by atoms with Gasteiger partial charge < -0.3 is 19.9 Å². The molecule has 0 spiro atoms. The number of ether oxygens (including phenoxy) is 2. The van der Waals surface area contributed by atoms with Gasteiger partial charge in [0.05, 0.1) is 12.7 Å². The molecule has 0 amide bonds. The van der Waals surface area contributed by atoms with Gasteiger partial charge in [0.25, 0.3) is 0 Å². The highest BCUT2D eigenvalue weighted by Gasteiger charge is 2.48. The predicted molar refractivity (Wildman–Crippen MR) is 82.5 cm³/mol. The summed E-state index contributed by atoms with van der Waals surface area (Å²) in [4.78, 5) is 11.8. The lowest BCUT2D eigenvalue weighted by Gasteiger charge is -2.32. The maximum atomic E-state index is 11.8. The Bertz CT molecular complexity index is 311. The monoisotopic (exact) mass is 301 g/mol. The lowest BCUT2D eigenvalue weighted by Crippen LogP contribution is -2.55. The number of hydrogen-bond acceptors (Lipinski definition) is 4. The molecule has 0 saturated heterocycles. The van der Waals surface area contributed by atoms with E-state index in [1.807, 2.05) is 13.8 Å². The molecule has 3 atom stereocenters. The maximum absolute atomic E-state index is 11.8. The first-order chi connectivity index (χ1) is 10.1. The third-order valence-corrected chi connectivity index (χ3v) is 4.32. The number of nitrogens with one attached hydrogen (secondary N) is 1. The fourth-order valence-electron chi connectivity index (χ4n) is 3.15. The van der Waals surface area contributed by atoms with Crippen LogP contribution in [-0.2, 0) is 14.3 Å². The van der Waals surface area contributed by atoms with Gasteiger partial charge in [0.1, 0.15) is 5.54 Å². The molecule has 124 valence electrons. The summed E-state index contributed by atoms with van der Waals surface area (Å²) in [5.41, 5.74) is -0.747. The van der Waals surface area contributed by atoms with Crippen molar-refractivity contribution in [1.82, 2.24) is 5.32 Å². The zero-order valence-corrected chi connectivity index (χ0v) is 13.7. The van der Waals surface area contributed by atoms with Crippen LogP contribution in [-0.4, -0.2) is 49.1 Å². The number of carboxylic acids is 1. The van der Waals surface area contributed by atoms with Crippen molar-refractivity contribution < 1.29 is 19.4 Å². The number of aliphatic carboxylic acids is 1. The van der Waals surface area contributed by atoms with E-state index in [0.717, 1.165) is 38.6 Å². The van der Waals surface area contributed by atoms with Gasteiger partial charge in [-0.05, 0) is 52.0 Å². The summed E-state index contributed by atoms with van der Waals surface area (Å²) >= 11 is 0. The number of carboxylic acid groups (broad SMARTS) is 1. The molecule has 3 unspecified atom stereocenters. The van der Waals surface area contributed by atoms with Gasteiger partial charge in [0, 0.05) is 13.2 Å². The highest BCUT2D eigenvalue weighted by molar-refractivity contribution is 5.79. The van der Waals surface area contributed by atoms with Gasteiger partial charge in [-0.15, -0.1) is 0 Å². The summed E-state index contributed by atoms with van der Waals surface area (Å²) in [6.07, 6.45) is 4.47. The van der Waals surface area contributed by atoms with Gasteiger partial charge in [-0.1, -0.05) is 13.3 Å². The second-order valence-corrected chi connectivity index (χ2v) is 5.92. The van der Waals surface area contributed by atoms with Gasteiger partial charge in [-0.3, -0.25) is 4.79 Å². The molecule has 1 rings (SSSR count). The molecule has 1 fully saturated rings. The van der Waals surface area contributed by atoms with E-state index in [9.17, 15) is 9.90 Å². The van der Waals surface area contributed by atoms with Crippen LogP contribution in [0, 0.1) is 5.92 Å². The van der Waals surface area contributed by atoms with Gasteiger partial charge in [0.2, 0.25) is 0 Å². The molecule has 1 aliphatic carbocycles. The third kappa shape index (κ3) is 5.24. The fourth-order valence-corrected chi connectivity index (χ4v) is 3.15. The van der Waals surface area contributed by atoms with Crippen molar-refractivity contribution in [3.05, 3.63) is 0 Å². The van der Waals surface area contributed by atoms with E-state index in [-0.39, 0.29) is 12.0 Å². The van der Waals surface area contributed by atoms with E-state index >= 15 is 0 Å². The van der Waals surface area contributed by atoms with Crippen LogP contribution in [0.25, 0.3) is 0 Å². The van der Waals surface area contributed by atoms with Crippen molar-refractivity contribution in [2.75, 3.05) is 26.4 Å². The van der Waals surface area contributed by atoms with E-state index in [2.05, 4.69) is 12.2 Å². The molecule has 5 nitrogen and oxygen atoms in total. The summed E-state index contributed by atoms with van der Waals surface area (Å²) in [5, 5.41) is 12.9. The summed E-state index contributed by atoms with van der Waals surface area (Å²) in [6.45, 7) is 8.66. The quantitative estimate of drug-likeness (QED) is 0.613. The van der Waals surface area contributed by atoms with Gasteiger partial charge >= 0.3 is 5.97 Å². The van der Waals surface area contributed by atoms with E-state index in [1.54, 1.807) is 0 Å². The zero-order chi connectivity index (χ0) is 15.7. The van der Waals surface area contributed by atoms with Crippen LogP contribution in [0.15, 0.2) is 0 Å². The summed E-state index contributed by atoms with van der Waals surface area (Å²) in [6, 6.07) is 0. The lowest BCUT2D eigenvalue weighted by molar-refractivity contribution is -0.147. The SMILES string of the molecule is CCCNC1(C(=O)O)CCCC1CCOC(C)COCC. The minimum Gasteiger partial charge on any atom is -0.480 e. The van der Waals surface area contributed by atoms with Gasteiger partial charge in [-0.2, -0.15) is 0 Å². The molecule has 0 aromatic carbocycles. The molecule has 0 heterocycles. The molecule has 0 bridgehead atoms. The molecule has 1 aliphatic rings. The van der Waals surface area contributed by atoms with Crippen molar-refractivity contribution in [2.24, 2.45) is 5.92 Å². The lowest BCUT2D eigenvalue weighted by atomic mass is 9.84. The van der Waals surface area contributed by atoms with Crippen LogP contribution >= 0.6 is 0 Å². The molecule has 1 saturated carbocycles. The van der Waals surface area contributed by atoms with Crippen LogP contribution < -0.4 is 5.32 Å². The molecule has 21 heavy (non-hydrogen) atoms. The standard InChI is InChI=1S/C16H31NO4/c1-4-10-17-16(15(18)19)9-6-7-14(16)8-11-21-13(3)12-20-5-2/h13-14,17H,4-12H2,1-3H3,(H,18,19). The first-order valence-electron chi connectivity index (χ1n) is 8.24. The minimum absolute atomic E-state index is 0.0641. The normalized spacial score (nSPS) is 26.9. The Labute approximate surface area is 128 Å². The number of carbonyl (C=O) groups is 1. The van der Waals surface area contributed by atoms with E-state index < -0.39 is 11.5 Å². The molecular weight excluding hydrogens is 270 g/mol. The van der Waals surface area contributed by atoms with Crippen LogP contribution in [0.2, 0.25) is 0 Å². The topological polar surface area (TPSA) is 67.8 Å². The fraction of sp³-hybridized carbons (Fsp3) is 0.938. The first kappa shape index (κ1) is 18.4. The van der Waals surface area contributed by atoms with Crippen LogP contribution in [0.4, 0.5) is 0 Å². The Morgan fingerprint density at radius 1 is 1.48 bits per heavy atom. The van der Waals surface area contributed by atoms with Crippen LogP contribution in [0.5, 0.6) is 0 Å². The van der Waals surface area contributed by atoms with Crippen molar-refractivity contribution in [3.63, 3.8) is 0 Å². The van der Waals surface area contributed by atoms with E-state index in [1.165, 1.54) is 0 Å².